The quantitative estimate of drug-likeness (QED) is 0.508. The zero-order chi connectivity index (χ0) is 15.5. The number of aromatic amines is 1. The first-order valence-corrected chi connectivity index (χ1v) is 6.85. The summed E-state index contributed by atoms with van der Waals surface area (Å²) in [6.07, 6.45) is 1.74. The average molecular weight is 293 g/mol. The number of aryl methyl sites for hydroxylation is 1. The molecule has 3 N–H and O–H groups in total. The monoisotopic (exact) mass is 293 g/mol. The van der Waals surface area contributed by atoms with Gasteiger partial charge in [0.25, 0.3) is 0 Å². The number of hydrogen-bond donors (Lipinski definition) is 3. The molecule has 5 nitrogen and oxygen atoms in total. The molecule has 0 bridgehead atoms. The highest BCUT2D eigenvalue weighted by Crippen LogP contribution is 2.20. The third-order valence-electron chi connectivity index (χ3n) is 3.44. The molecule has 3 aromatic rings. The van der Waals surface area contributed by atoms with Gasteiger partial charge in [-0.3, -0.25) is 5.43 Å². The van der Waals surface area contributed by atoms with E-state index in [-0.39, 0.29) is 5.56 Å². The molecule has 3 rings (SSSR count). The first-order valence-electron chi connectivity index (χ1n) is 6.85. The minimum atomic E-state index is -0.958. The zero-order valence-corrected chi connectivity index (χ0v) is 12.0. The van der Waals surface area contributed by atoms with Crippen molar-refractivity contribution in [2.75, 3.05) is 5.43 Å². The number of anilines is 1. The van der Waals surface area contributed by atoms with E-state index >= 15 is 0 Å². The highest BCUT2D eigenvalue weighted by molar-refractivity contribution is 6.00. The summed E-state index contributed by atoms with van der Waals surface area (Å²) in [5.74, 6) is -0.958. The topological polar surface area (TPSA) is 77.5 Å². The van der Waals surface area contributed by atoms with Crippen molar-refractivity contribution < 1.29 is 9.90 Å². The number of H-pyrrole nitrogens is 1. The van der Waals surface area contributed by atoms with Crippen molar-refractivity contribution in [2.45, 2.75) is 6.92 Å². The molecule has 0 radical (unpaired) electrons. The van der Waals surface area contributed by atoms with Crippen LogP contribution in [0.2, 0.25) is 0 Å². The number of carbonyl (C=O) groups is 1. The fraction of sp³-hybridized carbons (Fsp3) is 0.0588. The molecule has 2 aromatic carbocycles. The second kappa shape index (κ2) is 5.73. The molecule has 0 aliphatic carbocycles. The van der Waals surface area contributed by atoms with Crippen LogP contribution >= 0.6 is 0 Å². The van der Waals surface area contributed by atoms with Crippen molar-refractivity contribution in [1.29, 1.82) is 0 Å². The third-order valence-corrected chi connectivity index (χ3v) is 3.44. The number of hydrazone groups is 1. The van der Waals surface area contributed by atoms with Gasteiger partial charge in [0.1, 0.15) is 0 Å². The fourth-order valence-corrected chi connectivity index (χ4v) is 2.36. The maximum atomic E-state index is 10.9. The van der Waals surface area contributed by atoms with Crippen molar-refractivity contribution in [1.82, 2.24) is 4.98 Å². The number of aromatic nitrogens is 1. The first kappa shape index (κ1) is 13.9. The average Bonchev–Trinajstić information content (AvgIpc) is 2.84. The number of benzene rings is 2. The third kappa shape index (κ3) is 2.69. The van der Waals surface area contributed by atoms with Gasteiger partial charge in [0.05, 0.1) is 17.5 Å². The van der Waals surface area contributed by atoms with Gasteiger partial charge in [-0.1, -0.05) is 24.3 Å². The maximum absolute atomic E-state index is 10.9. The Labute approximate surface area is 127 Å². The summed E-state index contributed by atoms with van der Waals surface area (Å²) >= 11 is 0. The SMILES string of the molecule is Cc1[nH]c2ccccc2c1/C=N/Nc1cccc(C(=O)O)c1. The molecule has 22 heavy (non-hydrogen) atoms. The first-order chi connectivity index (χ1) is 10.6. The lowest BCUT2D eigenvalue weighted by molar-refractivity contribution is 0.0697. The van der Waals surface area contributed by atoms with Crippen molar-refractivity contribution in [3.8, 4) is 0 Å². The van der Waals surface area contributed by atoms with Crippen LogP contribution in [0.15, 0.2) is 53.6 Å². The Bertz CT molecular complexity index is 865. The van der Waals surface area contributed by atoms with Crippen LogP contribution in [0.1, 0.15) is 21.6 Å². The molecular weight excluding hydrogens is 278 g/mol. The largest absolute Gasteiger partial charge is 0.478 e. The van der Waals surface area contributed by atoms with E-state index in [0.717, 1.165) is 22.2 Å². The van der Waals surface area contributed by atoms with E-state index in [0.29, 0.717) is 5.69 Å². The van der Waals surface area contributed by atoms with E-state index in [1.807, 2.05) is 31.2 Å². The molecule has 0 saturated carbocycles. The molecule has 1 aromatic heterocycles. The maximum Gasteiger partial charge on any atom is 0.335 e. The van der Waals surface area contributed by atoms with Gasteiger partial charge in [-0.25, -0.2) is 4.79 Å². The van der Waals surface area contributed by atoms with E-state index < -0.39 is 5.97 Å². The van der Waals surface area contributed by atoms with Gasteiger partial charge in [0.2, 0.25) is 0 Å². The molecule has 5 heteroatoms. The van der Waals surface area contributed by atoms with Crippen LogP contribution in [0.25, 0.3) is 10.9 Å². The Morgan fingerprint density at radius 2 is 2.05 bits per heavy atom. The second-order valence-corrected chi connectivity index (χ2v) is 4.97. The molecule has 0 saturated heterocycles. The van der Waals surface area contributed by atoms with Crippen LogP contribution in [-0.2, 0) is 0 Å². The Morgan fingerprint density at radius 3 is 2.86 bits per heavy atom. The highest BCUT2D eigenvalue weighted by atomic mass is 16.4. The minimum absolute atomic E-state index is 0.225. The van der Waals surface area contributed by atoms with Crippen LogP contribution in [0, 0.1) is 6.92 Å². The van der Waals surface area contributed by atoms with E-state index in [1.54, 1.807) is 30.5 Å². The molecule has 0 unspecified atom stereocenters. The Morgan fingerprint density at radius 1 is 1.23 bits per heavy atom. The van der Waals surface area contributed by atoms with Gasteiger partial charge >= 0.3 is 5.97 Å². The van der Waals surface area contributed by atoms with Gasteiger partial charge in [-0.15, -0.1) is 0 Å². The van der Waals surface area contributed by atoms with Crippen molar-refractivity contribution in [3.05, 3.63) is 65.4 Å². The van der Waals surface area contributed by atoms with E-state index in [4.69, 9.17) is 5.11 Å². The molecule has 0 atom stereocenters. The molecule has 1 heterocycles. The number of carboxylic acids is 1. The molecule has 0 spiro atoms. The highest BCUT2D eigenvalue weighted by Gasteiger charge is 2.05. The van der Waals surface area contributed by atoms with Crippen LogP contribution < -0.4 is 5.43 Å². The number of carboxylic acid groups (broad SMARTS) is 1. The summed E-state index contributed by atoms with van der Waals surface area (Å²) < 4.78 is 0. The van der Waals surface area contributed by atoms with Crippen LogP contribution in [0.5, 0.6) is 0 Å². The minimum Gasteiger partial charge on any atom is -0.478 e. The van der Waals surface area contributed by atoms with Crippen molar-refractivity contribution >= 4 is 28.8 Å². The Hall–Kier alpha value is -3.08. The standard InChI is InChI=1S/C17H15N3O2/c1-11-15(14-7-2-3-8-16(14)19-11)10-18-20-13-6-4-5-12(9-13)17(21)22/h2-10,19-20H,1H3,(H,21,22)/b18-10+. The fourth-order valence-electron chi connectivity index (χ4n) is 2.36. The van der Waals surface area contributed by atoms with Crippen LogP contribution in [0.4, 0.5) is 5.69 Å². The Kier molecular flexibility index (Phi) is 3.62. The van der Waals surface area contributed by atoms with Gasteiger partial charge in [0.15, 0.2) is 0 Å². The van der Waals surface area contributed by atoms with Gasteiger partial charge in [-0.05, 0) is 31.2 Å². The number of para-hydroxylation sites is 1. The normalized spacial score (nSPS) is 11.1. The summed E-state index contributed by atoms with van der Waals surface area (Å²) in [4.78, 5) is 14.2. The predicted molar refractivity (Wildman–Crippen MR) is 87.7 cm³/mol. The summed E-state index contributed by atoms with van der Waals surface area (Å²) in [6, 6.07) is 14.5. The van der Waals surface area contributed by atoms with Crippen molar-refractivity contribution in [3.63, 3.8) is 0 Å². The van der Waals surface area contributed by atoms with Crippen LogP contribution in [-0.4, -0.2) is 22.3 Å². The van der Waals surface area contributed by atoms with Gasteiger partial charge in [-0.2, -0.15) is 5.10 Å². The smallest absolute Gasteiger partial charge is 0.335 e. The lowest BCUT2D eigenvalue weighted by Gasteiger charge is -2.01. The number of nitrogens with zero attached hydrogens (tertiary/aromatic N) is 1. The Balaban J connectivity index is 1.83. The number of hydrogen-bond acceptors (Lipinski definition) is 3. The molecular formula is C17H15N3O2. The summed E-state index contributed by atoms with van der Waals surface area (Å²) in [6.45, 7) is 1.99. The number of aromatic carboxylic acids is 1. The van der Waals surface area contributed by atoms with Crippen LogP contribution in [0.3, 0.4) is 0 Å². The number of fused-ring (bicyclic) bond motifs is 1. The lowest BCUT2D eigenvalue weighted by Crippen LogP contribution is -1.97. The summed E-state index contributed by atoms with van der Waals surface area (Å²) in [7, 11) is 0. The number of rotatable bonds is 4. The zero-order valence-electron chi connectivity index (χ0n) is 12.0. The van der Waals surface area contributed by atoms with E-state index in [9.17, 15) is 4.79 Å². The summed E-state index contributed by atoms with van der Waals surface area (Å²) in [5, 5.41) is 14.3. The lowest BCUT2D eigenvalue weighted by atomic mass is 10.1. The predicted octanol–water partition coefficient (Wildman–Crippen LogP) is 3.62. The molecule has 0 aliphatic heterocycles. The van der Waals surface area contributed by atoms with E-state index in [1.165, 1.54) is 0 Å². The molecule has 0 aliphatic rings. The second-order valence-electron chi connectivity index (χ2n) is 4.97. The molecule has 0 fully saturated rings. The van der Waals surface area contributed by atoms with Gasteiger partial charge in [0, 0.05) is 22.2 Å². The summed E-state index contributed by atoms with van der Waals surface area (Å²) in [5.41, 5.74) is 6.83. The molecule has 110 valence electrons. The van der Waals surface area contributed by atoms with Crippen molar-refractivity contribution in [2.24, 2.45) is 5.10 Å². The van der Waals surface area contributed by atoms with Gasteiger partial charge < -0.3 is 10.1 Å². The number of nitrogens with one attached hydrogen (secondary N) is 2. The van der Waals surface area contributed by atoms with E-state index in [2.05, 4.69) is 15.5 Å². The molecule has 0 amide bonds.